The van der Waals surface area contributed by atoms with Crippen LogP contribution in [0.25, 0.3) is 10.9 Å². The van der Waals surface area contributed by atoms with Gasteiger partial charge in [0.1, 0.15) is 11.6 Å². The fourth-order valence-corrected chi connectivity index (χ4v) is 2.77. The number of aromatic nitrogens is 2. The molecule has 2 rings (SSSR count). The Morgan fingerprint density at radius 2 is 1.86 bits per heavy atom. The van der Waals surface area contributed by atoms with E-state index in [1.807, 2.05) is 25.1 Å². The van der Waals surface area contributed by atoms with Crippen LogP contribution < -0.4 is 5.32 Å². The van der Waals surface area contributed by atoms with Crippen LogP contribution in [0.3, 0.4) is 0 Å². The molecule has 1 aromatic carbocycles. The lowest BCUT2D eigenvalue weighted by molar-refractivity contribution is 0.295. The van der Waals surface area contributed by atoms with Crippen molar-refractivity contribution in [1.82, 2.24) is 14.9 Å². The van der Waals surface area contributed by atoms with E-state index in [4.69, 9.17) is 0 Å². The lowest BCUT2D eigenvalue weighted by atomic mass is 10.1. The van der Waals surface area contributed by atoms with Crippen molar-refractivity contribution in [2.45, 2.75) is 46.6 Å². The van der Waals surface area contributed by atoms with Crippen LogP contribution in [0, 0.1) is 6.92 Å². The van der Waals surface area contributed by atoms with Crippen molar-refractivity contribution < 1.29 is 0 Å². The van der Waals surface area contributed by atoms with Gasteiger partial charge in [-0.15, -0.1) is 0 Å². The number of para-hydroxylation sites is 1. The third-order valence-electron chi connectivity index (χ3n) is 4.10. The highest BCUT2D eigenvalue weighted by Crippen LogP contribution is 2.21. The second-order valence-electron chi connectivity index (χ2n) is 5.85. The monoisotopic (exact) mass is 300 g/mol. The summed E-state index contributed by atoms with van der Waals surface area (Å²) in [7, 11) is 0. The average Bonchev–Trinajstić information content (AvgIpc) is 2.51. The van der Waals surface area contributed by atoms with Crippen molar-refractivity contribution in [2.75, 3.05) is 25.0 Å². The molecule has 1 N–H and O–H groups in total. The molecule has 0 saturated carbocycles. The summed E-state index contributed by atoms with van der Waals surface area (Å²) < 4.78 is 0. The van der Waals surface area contributed by atoms with E-state index in [9.17, 15) is 0 Å². The Morgan fingerprint density at radius 1 is 1.14 bits per heavy atom. The molecular weight excluding hydrogens is 272 g/mol. The van der Waals surface area contributed by atoms with Gasteiger partial charge in [-0.25, -0.2) is 9.97 Å². The van der Waals surface area contributed by atoms with E-state index >= 15 is 0 Å². The maximum atomic E-state index is 4.58. The summed E-state index contributed by atoms with van der Waals surface area (Å²) in [4.78, 5) is 11.5. The van der Waals surface area contributed by atoms with E-state index in [0.717, 1.165) is 42.1 Å². The fourth-order valence-electron chi connectivity index (χ4n) is 2.77. The number of benzene rings is 1. The van der Waals surface area contributed by atoms with Gasteiger partial charge in [0.2, 0.25) is 0 Å². The minimum absolute atomic E-state index is 0.410. The molecule has 0 aliphatic heterocycles. The quantitative estimate of drug-likeness (QED) is 0.803. The lowest BCUT2D eigenvalue weighted by Crippen LogP contribution is -2.25. The summed E-state index contributed by atoms with van der Waals surface area (Å²) in [6, 6.07) is 8.59. The van der Waals surface area contributed by atoms with Crippen LogP contribution in [0.15, 0.2) is 24.3 Å². The molecule has 120 valence electrons. The van der Waals surface area contributed by atoms with Gasteiger partial charge in [-0.1, -0.05) is 26.0 Å². The van der Waals surface area contributed by atoms with Gasteiger partial charge in [0.25, 0.3) is 0 Å². The SMILES string of the molecule is CCN(CC)CCC[C@@H](C)Nc1nc(C)nc2ccccc12. The molecule has 0 aliphatic rings. The molecule has 2 aromatic rings. The van der Waals surface area contributed by atoms with E-state index in [1.165, 1.54) is 13.0 Å². The molecule has 4 heteroatoms. The van der Waals surface area contributed by atoms with Crippen LogP contribution in [0.5, 0.6) is 0 Å². The van der Waals surface area contributed by atoms with Crippen LogP contribution in [0.4, 0.5) is 5.82 Å². The number of hydrogen-bond acceptors (Lipinski definition) is 4. The number of nitrogens with zero attached hydrogens (tertiary/aromatic N) is 3. The van der Waals surface area contributed by atoms with E-state index in [1.54, 1.807) is 0 Å². The third-order valence-corrected chi connectivity index (χ3v) is 4.10. The first kappa shape index (κ1) is 16.7. The fraction of sp³-hybridized carbons (Fsp3) is 0.556. The zero-order chi connectivity index (χ0) is 15.9. The number of fused-ring (bicyclic) bond motifs is 1. The Bertz CT molecular complexity index is 593. The van der Waals surface area contributed by atoms with Crippen LogP contribution in [-0.2, 0) is 0 Å². The minimum Gasteiger partial charge on any atom is -0.367 e. The molecule has 0 amide bonds. The number of hydrogen-bond donors (Lipinski definition) is 1. The first-order chi connectivity index (χ1) is 10.6. The van der Waals surface area contributed by atoms with Crippen LogP contribution in [0.2, 0.25) is 0 Å². The number of nitrogens with one attached hydrogen (secondary N) is 1. The van der Waals surface area contributed by atoms with Crippen LogP contribution in [-0.4, -0.2) is 40.5 Å². The maximum absolute atomic E-state index is 4.58. The second kappa shape index (κ2) is 8.08. The molecule has 22 heavy (non-hydrogen) atoms. The second-order valence-corrected chi connectivity index (χ2v) is 5.85. The summed E-state index contributed by atoms with van der Waals surface area (Å²) in [6.07, 6.45) is 2.35. The highest BCUT2D eigenvalue weighted by molar-refractivity contribution is 5.89. The molecule has 0 saturated heterocycles. The largest absolute Gasteiger partial charge is 0.367 e. The zero-order valence-corrected chi connectivity index (χ0v) is 14.3. The van der Waals surface area contributed by atoms with E-state index in [0.29, 0.717) is 6.04 Å². The Balaban J connectivity index is 1.98. The van der Waals surface area contributed by atoms with E-state index in [2.05, 4.69) is 47.0 Å². The normalized spacial score (nSPS) is 12.8. The zero-order valence-electron chi connectivity index (χ0n) is 14.3. The predicted molar refractivity (Wildman–Crippen MR) is 94.4 cm³/mol. The van der Waals surface area contributed by atoms with Crippen LogP contribution in [0.1, 0.15) is 39.4 Å². The molecule has 0 aliphatic carbocycles. The van der Waals surface area contributed by atoms with Crippen LogP contribution >= 0.6 is 0 Å². The number of aryl methyl sites for hydroxylation is 1. The topological polar surface area (TPSA) is 41.0 Å². The molecular formula is C18H28N4. The highest BCUT2D eigenvalue weighted by atomic mass is 15.1. The molecule has 0 fully saturated rings. The molecule has 0 unspecified atom stereocenters. The summed E-state index contributed by atoms with van der Waals surface area (Å²) in [5.74, 6) is 1.77. The van der Waals surface area contributed by atoms with Gasteiger partial charge in [-0.2, -0.15) is 0 Å². The predicted octanol–water partition coefficient (Wildman–Crippen LogP) is 3.86. The minimum atomic E-state index is 0.410. The molecule has 1 aromatic heterocycles. The molecule has 0 radical (unpaired) electrons. The van der Waals surface area contributed by atoms with E-state index < -0.39 is 0 Å². The van der Waals surface area contributed by atoms with Crippen molar-refractivity contribution >= 4 is 16.7 Å². The Hall–Kier alpha value is -1.68. The molecule has 0 spiro atoms. The Kier molecular flexibility index (Phi) is 6.13. The third kappa shape index (κ3) is 4.41. The highest BCUT2D eigenvalue weighted by Gasteiger charge is 2.09. The molecule has 1 atom stereocenters. The number of anilines is 1. The molecule has 0 bridgehead atoms. The van der Waals surface area contributed by atoms with Crippen molar-refractivity contribution in [3.63, 3.8) is 0 Å². The summed E-state index contributed by atoms with van der Waals surface area (Å²) in [6.45, 7) is 12.1. The lowest BCUT2D eigenvalue weighted by Gasteiger charge is -2.20. The Labute approximate surface area is 134 Å². The maximum Gasteiger partial charge on any atom is 0.137 e. The standard InChI is InChI=1S/C18H28N4/c1-5-22(6-2)13-9-10-14(3)19-18-16-11-7-8-12-17(16)20-15(4)21-18/h7-8,11-12,14H,5-6,9-10,13H2,1-4H3,(H,19,20,21)/t14-/m1/s1. The van der Waals surface area contributed by atoms with Gasteiger partial charge < -0.3 is 10.2 Å². The summed E-state index contributed by atoms with van der Waals surface area (Å²) in [5.41, 5.74) is 1.01. The summed E-state index contributed by atoms with van der Waals surface area (Å²) in [5, 5.41) is 4.67. The van der Waals surface area contributed by atoms with Crippen molar-refractivity contribution in [1.29, 1.82) is 0 Å². The first-order valence-corrected chi connectivity index (χ1v) is 8.36. The van der Waals surface area contributed by atoms with E-state index in [-0.39, 0.29) is 0 Å². The van der Waals surface area contributed by atoms with Crippen molar-refractivity contribution in [3.05, 3.63) is 30.1 Å². The smallest absolute Gasteiger partial charge is 0.137 e. The van der Waals surface area contributed by atoms with Gasteiger partial charge in [-0.3, -0.25) is 0 Å². The number of rotatable bonds is 8. The summed E-state index contributed by atoms with van der Waals surface area (Å²) >= 11 is 0. The Morgan fingerprint density at radius 3 is 2.59 bits per heavy atom. The van der Waals surface area contributed by atoms with Gasteiger partial charge >= 0.3 is 0 Å². The van der Waals surface area contributed by atoms with Gasteiger partial charge in [-0.05, 0) is 58.5 Å². The molecule has 4 nitrogen and oxygen atoms in total. The van der Waals surface area contributed by atoms with Gasteiger partial charge in [0.05, 0.1) is 5.52 Å². The van der Waals surface area contributed by atoms with Crippen molar-refractivity contribution in [3.8, 4) is 0 Å². The average molecular weight is 300 g/mol. The van der Waals surface area contributed by atoms with Gasteiger partial charge in [0.15, 0.2) is 0 Å². The molecule has 1 heterocycles. The van der Waals surface area contributed by atoms with Gasteiger partial charge in [0, 0.05) is 11.4 Å². The van der Waals surface area contributed by atoms with Crippen molar-refractivity contribution in [2.24, 2.45) is 0 Å². The first-order valence-electron chi connectivity index (χ1n) is 8.36.